The Balaban J connectivity index is 1.29. The molecule has 1 amide bonds. The minimum absolute atomic E-state index is 0.0740. The second kappa shape index (κ2) is 13.3. The molecule has 2 aromatic heterocycles. The van der Waals surface area contributed by atoms with Crippen molar-refractivity contribution in [2.45, 2.75) is 84.9 Å². The first kappa shape index (κ1) is 30.2. The van der Waals surface area contributed by atoms with E-state index in [1.165, 1.54) is 6.92 Å². The van der Waals surface area contributed by atoms with Crippen LogP contribution in [0, 0.1) is 6.92 Å². The van der Waals surface area contributed by atoms with Gasteiger partial charge < -0.3 is 19.6 Å². The maximum absolute atomic E-state index is 13.9. The van der Waals surface area contributed by atoms with Gasteiger partial charge in [0, 0.05) is 58.8 Å². The molecule has 0 saturated heterocycles. The van der Waals surface area contributed by atoms with Crippen molar-refractivity contribution < 1.29 is 22.7 Å². The van der Waals surface area contributed by atoms with Gasteiger partial charge in [-0.2, -0.15) is 13.2 Å². The Bertz CT molecular complexity index is 1570. The number of benzene rings is 2. The summed E-state index contributed by atoms with van der Waals surface area (Å²) in [4.78, 5) is 25.7. The van der Waals surface area contributed by atoms with E-state index in [-0.39, 0.29) is 16.8 Å². The summed E-state index contributed by atoms with van der Waals surface area (Å²) in [7, 11) is 0. The molecule has 0 unspecified atom stereocenters. The summed E-state index contributed by atoms with van der Waals surface area (Å²) in [5, 5.41) is 3.40. The van der Waals surface area contributed by atoms with Crippen molar-refractivity contribution in [1.82, 2.24) is 9.55 Å². The monoisotopic (exact) mass is 569 g/mol. The van der Waals surface area contributed by atoms with Crippen molar-refractivity contribution in [3.8, 4) is 5.75 Å². The normalized spacial score (nSPS) is 11.9. The van der Waals surface area contributed by atoms with Crippen LogP contribution in [0.3, 0.4) is 0 Å². The number of aryl methyl sites for hydroxylation is 2. The summed E-state index contributed by atoms with van der Waals surface area (Å²) in [6.07, 6.45) is 3.45. The zero-order valence-electron chi connectivity index (χ0n) is 23.9. The van der Waals surface area contributed by atoms with E-state index in [0.717, 1.165) is 79.7 Å². The third-order valence-electron chi connectivity index (χ3n) is 7.50. The number of aromatic amines is 1. The van der Waals surface area contributed by atoms with Gasteiger partial charge in [0.2, 0.25) is 11.5 Å². The second-order valence-electron chi connectivity index (χ2n) is 10.5. The Hall–Kier alpha value is -3.75. The van der Waals surface area contributed by atoms with Gasteiger partial charge in [-0.3, -0.25) is 9.59 Å². The van der Waals surface area contributed by atoms with Crippen molar-refractivity contribution in [3.63, 3.8) is 0 Å². The van der Waals surface area contributed by atoms with Crippen LogP contribution in [0.4, 0.5) is 18.9 Å². The number of hydrogen-bond acceptors (Lipinski definition) is 3. The molecule has 2 N–H and O–H groups in total. The molecular formula is C32H38F3N3O3. The summed E-state index contributed by atoms with van der Waals surface area (Å²) in [6.45, 7) is 6.75. The first-order chi connectivity index (χ1) is 19.6. The smallest absolute Gasteiger partial charge is 0.417 e. The molecule has 4 rings (SSSR count). The molecule has 0 fully saturated rings. The van der Waals surface area contributed by atoms with E-state index < -0.39 is 17.3 Å². The number of alkyl halides is 3. The Morgan fingerprint density at radius 2 is 1.68 bits per heavy atom. The number of ether oxygens (including phenoxy) is 1. The minimum Gasteiger partial charge on any atom is -0.494 e. The fourth-order valence-electron chi connectivity index (χ4n) is 5.69. The Morgan fingerprint density at radius 3 is 2.37 bits per heavy atom. The average Bonchev–Trinajstić information content (AvgIpc) is 3.19. The summed E-state index contributed by atoms with van der Waals surface area (Å²) >= 11 is 0. The number of anilines is 1. The van der Waals surface area contributed by atoms with Crippen LogP contribution < -0.4 is 15.6 Å². The molecule has 0 atom stereocenters. The van der Waals surface area contributed by atoms with E-state index in [0.29, 0.717) is 24.5 Å². The van der Waals surface area contributed by atoms with Gasteiger partial charge in [0.25, 0.3) is 0 Å². The van der Waals surface area contributed by atoms with Crippen LogP contribution >= 0.6 is 0 Å². The number of unbranched alkanes of at least 4 members (excludes halogenated alkanes) is 6. The van der Waals surface area contributed by atoms with Gasteiger partial charge in [-0.05, 0) is 56.0 Å². The van der Waals surface area contributed by atoms with E-state index >= 15 is 0 Å². The van der Waals surface area contributed by atoms with Crippen LogP contribution in [0.15, 0.2) is 47.3 Å². The fourth-order valence-corrected chi connectivity index (χ4v) is 5.69. The maximum Gasteiger partial charge on any atom is 0.417 e. The molecular weight excluding hydrogens is 531 g/mol. The third kappa shape index (κ3) is 7.31. The van der Waals surface area contributed by atoms with Gasteiger partial charge in [0.15, 0.2) is 0 Å². The number of carbonyl (C=O) groups is 1. The standard InChI is InChI=1S/C32H38F3N3O3/c1-4-27-21(2)30-28(16-15-26-31(30)25(32(33,34)35)20-29(40)37-26)38(27)17-10-8-6-5-7-9-11-18-41-24-14-12-13-23(19-24)36-22(3)39/h12-16,19-20H,4-11,17-18H2,1-3H3,(H,36,39)(H,37,40). The molecule has 4 aromatic rings. The second-order valence-corrected chi connectivity index (χ2v) is 10.5. The van der Waals surface area contributed by atoms with Gasteiger partial charge in [-0.1, -0.05) is 45.1 Å². The highest BCUT2D eigenvalue weighted by Crippen LogP contribution is 2.39. The van der Waals surface area contributed by atoms with Crippen LogP contribution in [0.25, 0.3) is 21.8 Å². The number of aromatic nitrogens is 2. The van der Waals surface area contributed by atoms with Crippen molar-refractivity contribution in [2.24, 2.45) is 0 Å². The van der Waals surface area contributed by atoms with Crippen LogP contribution in [0.2, 0.25) is 0 Å². The first-order valence-corrected chi connectivity index (χ1v) is 14.4. The highest BCUT2D eigenvalue weighted by Gasteiger charge is 2.34. The number of carbonyl (C=O) groups excluding carboxylic acids is 1. The Labute approximate surface area is 237 Å². The molecule has 220 valence electrons. The summed E-state index contributed by atoms with van der Waals surface area (Å²) in [5.41, 5.74) is 1.96. The molecule has 0 aliphatic rings. The third-order valence-corrected chi connectivity index (χ3v) is 7.50. The van der Waals surface area contributed by atoms with Gasteiger partial charge in [0.05, 0.1) is 12.2 Å². The van der Waals surface area contributed by atoms with E-state index in [1.807, 2.05) is 44.2 Å². The predicted octanol–water partition coefficient (Wildman–Crippen LogP) is 8.14. The minimum atomic E-state index is -4.62. The summed E-state index contributed by atoms with van der Waals surface area (Å²) in [6, 6.07) is 11.5. The quantitative estimate of drug-likeness (QED) is 0.160. The van der Waals surface area contributed by atoms with Crippen molar-refractivity contribution in [2.75, 3.05) is 11.9 Å². The topological polar surface area (TPSA) is 76.1 Å². The van der Waals surface area contributed by atoms with E-state index in [2.05, 4.69) is 14.9 Å². The van der Waals surface area contributed by atoms with Gasteiger partial charge in [-0.15, -0.1) is 0 Å². The highest BCUT2D eigenvalue weighted by atomic mass is 19.4. The lowest BCUT2D eigenvalue weighted by atomic mass is 10.0. The van der Waals surface area contributed by atoms with Gasteiger partial charge in [-0.25, -0.2) is 0 Å². The molecule has 0 spiro atoms. The molecule has 0 bridgehead atoms. The number of hydrogen-bond donors (Lipinski definition) is 2. The number of pyridine rings is 1. The fraction of sp³-hybridized carbons (Fsp3) is 0.438. The van der Waals surface area contributed by atoms with Crippen molar-refractivity contribution in [1.29, 1.82) is 0 Å². The predicted molar refractivity (Wildman–Crippen MR) is 158 cm³/mol. The molecule has 2 heterocycles. The summed E-state index contributed by atoms with van der Waals surface area (Å²) in [5.74, 6) is 0.628. The number of halogens is 3. The maximum atomic E-state index is 13.9. The molecule has 0 aliphatic carbocycles. The average molecular weight is 570 g/mol. The lowest BCUT2D eigenvalue weighted by Gasteiger charge is -2.12. The molecule has 2 aromatic carbocycles. The van der Waals surface area contributed by atoms with Gasteiger partial charge >= 0.3 is 6.18 Å². The molecule has 9 heteroatoms. The zero-order valence-corrected chi connectivity index (χ0v) is 23.9. The molecule has 0 radical (unpaired) electrons. The number of nitrogens with zero attached hydrogens (tertiary/aromatic N) is 1. The number of amides is 1. The van der Waals surface area contributed by atoms with Crippen molar-refractivity contribution >= 4 is 33.4 Å². The van der Waals surface area contributed by atoms with Crippen LogP contribution in [-0.4, -0.2) is 22.1 Å². The lowest BCUT2D eigenvalue weighted by molar-refractivity contribution is -0.136. The van der Waals surface area contributed by atoms with E-state index in [4.69, 9.17) is 4.74 Å². The van der Waals surface area contributed by atoms with Crippen LogP contribution in [0.1, 0.15) is 75.6 Å². The van der Waals surface area contributed by atoms with E-state index in [1.54, 1.807) is 6.07 Å². The van der Waals surface area contributed by atoms with Crippen LogP contribution in [-0.2, 0) is 23.9 Å². The number of nitrogens with one attached hydrogen (secondary N) is 2. The van der Waals surface area contributed by atoms with E-state index in [9.17, 15) is 22.8 Å². The largest absolute Gasteiger partial charge is 0.494 e. The Morgan fingerprint density at radius 1 is 0.976 bits per heavy atom. The lowest BCUT2D eigenvalue weighted by Crippen LogP contribution is -2.14. The van der Waals surface area contributed by atoms with Gasteiger partial charge in [0.1, 0.15) is 5.75 Å². The summed E-state index contributed by atoms with van der Waals surface area (Å²) < 4.78 is 49.7. The van der Waals surface area contributed by atoms with Crippen LogP contribution in [0.5, 0.6) is 5.75 Å². The first-order valence-electron chi connectivity index (χ1n) is 14.4. The number of H-pyrrole nitrogens is 1. The SMILES string of the molecule is CCc1c(C)c2c3c(C(F)(F)F)cc(=O)[nH]c3ccc2n1CCCCCCCCCOc1cccc(NC(C)=O)c1. The number of rotatable bonds is 13. The Kier molecular flexibility index (Phi) is 9.78. The molecule has 0 aliphatic heterocycles. The van der Waals surface area contributed by atoms with Crippen molar-refractivity contribution in [3.05, 3.63) is 69.6 Å². The zero-order chi connectivity index (χ0) is 29.6. The molecule has 0 saturated carbocycles. The highest BCUT2D eigenvalue weighted by molar-refractivity contribution is 6.09. The molecule has 41 heavy (non-hydrogen) atoms. The number of fused-ring (bicyclic) bond motifs is 3. The molecule has 6 nitrogen and oxygen atoms in total.